The van der Waals surface area contributed by atoms with E-state index in [9.17, 15) is 4.79 Å². The molecule has 4 nitrogen and oxygen atoms in total. The van der Waals surface area contributed by atoms with Gasteiger partial charge in [-0.1, -0.05) is 11.6 Å². The number of aromatic nitrogens is 1. The third-order valence-electron chi connectivity index (χ3n) is 2.72. The zero-order valence-electron chi connectivity index (χ0n) is 11.7. The number of methoxy groups -OCH3 is 1. The van der Waals surface area contributed by atoms with Crippen LogP contribution in [0.3, 0.4) is 0 Å². The van der Waals surface area contributed by atoms with Gasteiger partial charge in [-0.15, -0.1) is 11.8 Å². The van der Waals surface area contributed by atoms with Crippen LogP contribution in [-0.2, 0) is 4.79 Å². The van der Waals surface area contributed by atoms with Crippen molar-refractivity contribution in [3.8, 4) is 5.75 Å². The number of rotatable bonds is 5. The van der Waals surface area contributed by atoms with Gasteiger partial charge in [-0.05, 0) is 43.3 Å². The van der Waals surface area contributed by atoms with Gasteiger partial charge in [-0.3, -0.25) is 4.79 Å². The maximum atomic E-state index is 12.1. The third kappa shape index (κ3) is 4.65. The SMILES string of the molecule is COc1ccc(SC(C)C(=O)Nc2ccc(Cl)cn2)cc1. The van der Waals surface area contributed by atoms with Gasteiger partial charge < -0.3 is 10.1 Å². The zero-order chi connectivity index (χ0) is 15.2. The van der Waals surface area contributed by atoms with Crippen LogP contribution in [0.2, 0.25) is 5.02 Å². The maximum Gasteiger partial charge on any atom is 0.238 e. The number of pyridine rings is 1. The lowest BCUT2D eigenvalue weighted by Gasteiger charge is -2.11. The Bertz CT molecular complexity index is 602. The molecule has 0 saturated carbocycles. The Balaban J connectivity index is 1.93. The fourth-order valence-electron chi connectivity index (χ4n) is 1.59. The van der Waals surface area contributed by atoms with E-state index in [0.29, 0.717) is 10.8 Å². The Morgan fingerprint density at radius 1 is 1.29 bits per heavy atom. The molecule has 0 bridgehead atoms. The van der Waals surface area contributed by atoms with E-state index in [1.165, 1.54) is 18.0 Å². The summed E-state index contributed by atoms with van der Waals surface area (Å²) in [5, 5.41) is 3.05. The standard InChI is InChI=1S/C15H15ClN2O2S/c1-10(21-13-6-4-12(20-2)5-7-13)15(19)18-14-8-3-11(16)9-17-14/h3-10H,1-2H3,(H,17,18,19). The summed E-state index contributed by atoms with van der Waals surface area (Å²) < 4.78 is 5.10. The van der Waals surface area contributed by atoms with Gasteiger partial charge in [0.2, 0.25) is 5.91 Å². The maximum absolute atomic E-state index is 12.1. The van der Waals surface area contributed by atoms with E-state index in [0.717, 1.165) is 10.6 Å². The van der Waals surface area contributed by atoms with Crippen LogP contribution >= 0.6 is 23.4 Å². The molecule has 1 amide bonds. The number of thioether (sulfide) groups is 1. The van der Waals surface area contributed by atoms with Crippen LogP contribution in [0.4, 0.5) is 5.82 Å². The largest absolute Gasteiger partial charge is 0.497 e. The molecular formula is C15H15ClN2O2S. The minimum Gasteiger partial charge on any atom is -0.497 e. The normalized spacial score (nSPS) is 11.8. The number of hydrogen-bond acceptors (Lipinski definition) is 4. The summed E-state index contributed by atoms with van der Waals surface area (Å²) in [7, 11) is 1.62. The molecule has 1 aromatic heterocycles. The van der Waals surface area contributed by atoms with Gasteiger partial charge in [0, 0.05) is 11.1 Å². The lowest BCUT2D eigenvalue weighted by atomic mass is 10.3. The molecule has 2 aromatic rings. The highest BCUT2D eigenvalue weighted by atomic mass is 35.5. The molecule has 0 spiro atoms. The Morgan fingerprint density at radius 2 is 2.00 bits per heavy atom. The summed E-state index contributed by atoms with van der Waals surface area (Å²) in [4.78, 5) is 17.1. The van der Waals surface area contributed by atoms with E-state index in [1.54, 1.807) is 19.2 Å². The first-order chi connectivity index (χ1) is 10.1. The number of ether oxygens (including phenoxy) is 1. The lowest BCUT2D eigenvalue weighted by Crippen LogP contribution is -2.22. The highest BCUT2D eigenvalue weighted by Crippen LogP contribution is 2.26. The average Bonchev–Trinajstić information content (AvgIpc) is 2.50. The van der Waals surface area contributed by atoms with Crippen LogP contribution in [0.15, 0.2) is 47.5 Å². The monoisotopic (exact) mass is 322 g/mol. The van der Waals surface area contributed by atoms with E-state index >= 15 is 0 Å². The predicted octanol–water partition coefficient (Wildman–Crippen LogP) is 3.86. The van der Waals surface area contributed by atoms with Gasteiger partial charge in [-0.2, -0.15) is 0 Å². The summed E-state index contributed by atoms with van der Waals surface area (Å²) in [5.41, 5.74) is 0. The van der Waals surface area contributed by atoms with Crippen LogP contribution in [-0.4, -0.2) is 23.3 Å². The lowest BCUT2D eigenvalue weighted by molar-refractivity contribution is -0.115. The van der Waals surface area contributed by atoms with E-state index in [-0.39, 0.29) is 11.2 Å². The van der Waals surface area contributed by atoms with Gasteiger partial charge in [0.25, 0.3) is 0 Å². The molecule has 1 atom stereocenters. The summed E-state index contributed by atoms with van der Waals surface area (Å²) >= 11 is 7.23. The minimum atomic E-state index is -0.240. The first-order valence-electron chi connectivity index (χ1n) is 6.31. The second-order valence-electron chi connectivity index (χ2n) is 4.29. The van der Waals surface area contributed by atoms with Crippen LogP contribution in [0.5, 0.6) is 5.75 Å². The van der Waals surface area contributed by atoms with Crippen LogP contribution in [0.25, 0.3) is 0 Å². The number of carbonyl (C=O) groups is 1. The molecule has 2 rings (SSSR count). The van der Waals surface area contributed by atoms with Crippen molar-refractivity contribution in [3.63, 3.8) is 0 Å². The van der Waals surface area contributed by atoms with E-state index in [1.807, 2.05) is 31.2 Å². The fourth-order valence-corrected chi connectivity index (χ4v) is 2.57. The van der Waals surface area contributed by atoms with Crippen molar-refractivity contribution in [3.05, 3.63) is 47.6 Å². The molecule has 0 radical (unpaired) electrons. The molecule has 1 heterocycles. The number of benzene rings is 1. The molecule has 6 heteroatoms. The number of amides is 1. The van der Waals surface area contributed by atoms with Gasteiger partial charge in [0.15, 0.2) is 0 Å². The molecule has 0 fully saturated rings. The van der Waals surface area contributed by atoms with Crippen molar-refractivity contribution in [2.45, 2.75) is 17.1 Å². The molecule has 1 unspecified atom stereocenters. The number of carbonyl (C=O) groups excluding carboxylic acids is 1. The highest BCUT2D eigenvalue weighted by Gasteiger charge is 2.15. The Morgan fingerprint density at radius 3 is 2.57 bits per heavy atom. The second kappa shape index (κ2) is 7.33. The fraction of sp³-hybridized carbons (Fsp3) is 0.200. The van der Waals surface area contributed by atoms with Crippen molar-refractivity contribution >= 4 is 35.1 Å². The first kappa shape index (κ1) is 15.7. The summed E-state index contributed by atoms with van der Waals surface area (Å²) in [5.74, 6) is 1.18. The van der Waals surface area contributed by atoms with Crippen molar-refractivity contribution in [1.29, 1.82) is 0 Å². The minimum absolute atomic E-state index is 0.106. The number of nitrogens with zero attached hydrogens (tertiary/aromatic N) is 1. The van der Waals surface area contributed by atoms with Crippen molar-refractivity contribution in [2.75, 3.05) is 12.4 Å². The molecule has 0 aliphatic rings. The quantitative estimate of drug-likeness (QED) is 0.849. The molecule has 0 aliphatic heterocycles. The molecule has 0 saturated heterocycles. The summed E-state index contributed by atoms with van der Waals surface area (Å²) in [6.07, 6.45) is 1.50. The van der Waals surface area contributed by atoms with Crippen LogP contribution in [0.1, 0.15) is 6.92 Å². The summed E-state index contributed by atoms with van der Waals surface area (Å²) in [6, 6.07) is 10.9. The number of nitrogens with one attached hydrogen (secondary N) is 1. The molecule has 110 valence electrons. The topological polar surface area (TPSA) is 51.2 Å². The number of anilines is 1. The van der Waals surface area contributed by atoms with Crippen LogP contribution in [0, 0.1) is 0 Å². The Labute approximate surface area is 132 Å². The molecule has 1 N–H and O–H groups in total. The van der Waals surface area contributed by atoms with Crippen LogP contribution < -0.4 is 10.1 Å². The van der Waals surface area contributed by atoms with Gasteiger partial charge in [-0.25, -0.2) is 4.98 Å². The zero-order valence-corrected chi connectivity index (χ0v) is 13.2. The van der Waals surface area contributed by atoms with E-state index < -0.39 is 0 Å². The number of hydrogen-bond donors (Lipinski definition) is 1. The Hall–Kier alpha value is -1.72. The average molecular weight is 323 g/mol. The summed E-state index contributed by atoms with van der Waals surface area (Å²) in [6.45, 7) is 1.85. The van der Waals surface area contributed by atoms with Gasteiger partial charge in [0.1, 0.15) is 11.6 Å². The van der Waals surface area contributed by atoms with Gasteiger partial charge >= 0.3 is 0 Å². The van der Waals surface area contributed by atoms with E-state index in [4.69, 9.17) is 16.3 Å². The Kier molecular flexibility index (Phi) is 5.47. The van der Waals surface area contributed by atoms with Crippen molar-refractivity contribution in [1.82, 2.24) is 4.98 Å². The number of halogens is 1. The predicted molar refractivity (Wildman–Crippen MR) is 86.2 cm³/mol. The van der Waals surface area contributed by atoms with Crippen molar-refractivity contribution in [2.24, 2.45) is 0 Å². The smallest absolute Gasteiger partial charge is 0.238 e. The highest BCUT2D eigenvalue weighted by molar-refractivity contribution is 8.00. The third-order valence-corrected chi connectivity index (χ3v) is 4.06. The van der Waals surface area contributed by atoms with E-state index in [2.05, 4.69) is 10.3 Å². The first-order valence-corrected chi connectivity index (χ1v) is 7.57. The molecule has 0 aliphatic carbocycles. The second-order valence-corrected chi connectivity index (χ2v) is 6.14. The van der Waals surface area contributed by atoms with Gasteiger partial charge in [0.05, 0.1) is 17.4 Å². The molecule has 21 heavy (non-hydrogen) atoms. The molecular weight excluding hydrogens is 308 g/mol. The molecule has 1 aromatic carbocycles. The van der Waals surface area contributed by atoms with Crippen molar-refractivity contribution < 1.29 is 9.53 Å².